The van der Waals surface area contributed by atoms with E-state index in [-0.39, 0.29) is 24.1 Å². The van der Waals surface area contributed by atoms with Crippen molar-refractivity contribution in [1.29, 1.82) is 0 Å². The van der Waals surface area contributed by atoms with Gasteiger partial charge in [-0.1, -0.05) is 0 Å². The van der Waals surface area contributed by atoms with Crippen molar-refractivity contribution in [2.75, 3.05) is 11.9 Å². The quantitative estimate of drug-likeness (QED) is 0.719. The summed E-state index contributed by atoms with van der Waals surface area (Å²) in [6.07, 6.45) is -2.95. The molecule has 3 heterocycles. The summed E-state index contributed by atoms with van der Waals surface area (Å²) in [5, 5.41) is 11.9. The average molecular weight is 438 g/mol. The molecule has 0 saturated heterocycles. The van der Waals surface area contributed by atoms with Crippen LogP contribution in [0.2, 0.25) is 0 Å². The van der Waals surface area contributed by atoms with Crippen molar-refractivity contribution in [3.63, 3.8) is 0 Å². The number of nitrogens with zero attached hydrogens (tertiary/aromatic N) is 3. The van der Waals surface area contributed by atoms with Crippen molar-refractivity contribution in [1.82, 2.24) is 14.9 Å². The Labute approximate surface area is 176 Å². The van der Waals surface area contributed by atoms with Crippen LogP contribution in [-0.2, 0) is 11.3 Å². The third kappa shape index (κ3) is 4.93. The van der Waals surface area contributed by atoms with Gasteiger partial charge in [0.05, 0.1) is 12.6 Å². The first-order valence-corrected chi connectivity index (χ1v) is 9.42. The molecule has 2 aromatic rings. The van der Waals surface area contributed by atoms with E-state index in [1.165, 1.54) is 24.2 Å². The maximum atomic E-state index is 12.9. The predicted octanol–water partition coefficient (Wildman–Crippen LogP) is 2.76. The largest absolute Gasteiger partial charge is 0.468 e. The Morgan fingerprint density at radius 1 is 1.35 bits per heavy atom. The number of halogens is 3. The maximum Gasteiger partial charge on any atom is 0.422 e. The van der Waals surface area contributed by atoms with E-state index in [0.29, 0.717) is 22.3 Å². The van der Waals surface area contributed by atoms with Crippen LogP contribution in [0.5, 0.6) is 5.88 Å². The van der Waals surface area contributed by atoms with Gasteiger partial charge in [-0.3, -0.25) is 9.59 Å². The van der Waals surface area contributed by atoms with Crippen LogP contribution in [0.25, 0.3) is 0 Å². The molecule has 0 aliphatic carbocycles. The lowest BCUT2D eigenvalue weighted by molar-refractivity contribution is -0.154. The summed E-state index contributed by atoms with van der Waals surface area (Å²) < 4.78 is 41.8. The number of alkyl halides is 3. The third-order valence-electron chi connectivity index (χ3n) is 4.87. The van der Waals surface area contributed by atoms with E-state index in [9.17, 15) is 27.9 Å². The Kier molecular flexibility index (Phi) is 6.16. The van der Waals surface area contributed by atoms with E-state index in [1.807, 2.05) is 0 Å². The molecule has 0 radical (unpaired) electrons. The highest BCUT2D eigenvalue weighted by Gasteiger charge is 2.34. The van der Waals surface area contributed by atoms with E-state index in [1.54, 1.807) is 26.0 Å². The lowest BCUT2D eigenvalue weighted by Gasteiger charge is -2.25. The summed E-state index contributed by atoms with van der Waals surface area (Å²) in [6.45, 7) is 3.37. The zero-order valence-corrected chi connectivity index (χ0v) is 17.0. The normalized spacial score (nSPS) is 15.5. The van der Waals surface area contributed by atoms with Gasteiger partial charge in [0.25, 0.3) is 11.8 Å². The van der Waals surface area contributed by atoms with Gasteiger partial charge in [0, 0.05) is 29.1 Å². The Hall–Kier alpha value is -3.21. The molecule has 0 fully saturated rings. The standard InChI is InChI=1S/C20H21F3N4O4/c1-10-6-13(7-25-18(10)31-9-20(21,22)23)11(2)27-8-15-14(19(27)30)4-5-24-16(15)26-17(29)12(3)28/h4-7,11-12,28H,8-9H2,1-3H3,(H,24,26,29)/t11?,12-/m1/s1. The van der Waals surface area contributed by atoms with Crippen LogP contribution in [0.4, 0.5) is 19.0 Å². The zero-order chi connectivity index (χ0) is 22.9. The van der Waals surface area contributed by atoms with Crippen molar-refractivity contribution in [3.8, 4) is 5.88 Å². The molecule has 3 rings (SSSR count). The van der Waals surface area contributed by atoms with E-state index in [0.717, 1.165) is 0 Å². The Morgan fingerprint density at radius 2 is 2.06 bits per heavy atom. The van der Waals surface area contributed by atoms with Crippen LogP contribution >= 0.6 is 0 Å². The minimum atomic E-state index is -4.47. The number of aryl methyl sites for hydroxylation is 1. The molecule has 2 N–H and O–H groups in total. The number of ether oxygens (including phenoxy) is 1. The number of aliphatic hydroxyl groups excluding tert-OH is 1. The summed E-state index contributed by atoms with van der Waals surface area (Å²) in [5.41, 5.74) is 1.91. The van der Waals surface area contributed by atoms with Crippen molar-refractivity contribution in [3.05, 3.63) is 46.8 Å². The topological polar surface area (TPSA) is 105 Å². The molecule has 0 bridgehead atoms. The van der Waals surface area contributed by atoms with Crippen LogP contribution in [0.1, 0.15) is 46.9 Å². The van der Waals surface area contributed by atoms with Crippen molar-refractivity contribution < 1.29 is 32.6 Å². The van der Waals surface area contributed by atoms with Gasteiger partial charge in [0.1, 0.15) is 11.9 Å². The van der Waals surface area contributed by atoms with Gasteiger partial charge in [-0.15, -0.1) is 0 Å². The molecule has 1 aliphatic rings. The molecule has 11 heteroatoms. The molecule has 0 saturated carbocycles. The van der Waals surface area contributed by atoms with Crippen molar-refractivity contribution >= 4 is 17.6 Å². The second-order valence-electron chi connectivity index (χ2n) is 7.25. The summed E-state index contributed by atoms with van der Waals surface area (Å²) in [7, 11) is 0. The van der Waals surface area contributed by atoms with Crippen molar-refractivity contribution in [2.24, 2.45) is 0 Å². The van der Waals surface area contributed by atoms with E-state index in [4.69, 9.17) is 4.74 Å². The molecule has 0 spiro atoms. The molecule has 166 valence electrons. The number of hydrogen-bond donors (Lipinski definition) is 2. The lowest BCUT2D eigenvalue weighted by Crippen LogP contribution is -2.28. The van der Waals surface area contributed by atoms with E-state index in [2.05, 4.69) is 15.3 Å². The molecular formula is C20H21F3N4O4. The number of aromatic nitrogens is 2. The smallest absolute Gasteiger partial charge is 0.422 e. The molecule has 2 amide bonds. The van der Waals surface area contributed by atoms with Gasteiger partial charge in [-0.05, 0) is 38.5 Å². The molecule has 31 heavy (non-hydrogen) atoms. The fraction of sp³-hybridized carbons (Fsp3) is 0.400. The number of carbonyl (C=O) groups excluding carboxylic acids is 2. The number of anilines is 1. The number of amides is 2. The SMILES string of the molecule is Cc1cc(C(C)N2Cc3c(ccnc3NC(=O)[C@@H](C)O)C2=O)cnc1OCC(F)(F)F. The summed E-state index contributed by atoms with van der Waals surface area (Å²) in [4.78, 5) is 34.3. The number of nitrogens with one attached hydrogen (secondary N) is 1. The van der Waals surface area contributed by atoms with Gasteiger partial charge < -0.3 is 20.1 Å². The Morgan fingerprint density at radius 3 is 2.68 bits per heavy atom. The number of hydrogen-bond acceptors (Lipinski definition) is 6. The molecule has 0 aromatic carbocycles. The van der Waals surface area contributed by atoms with Crippen LogP contribution in [0.15, 0.2) is 24.5 Å². The van der Waals surface area contributed by atoms with Gasteiger partial charge in [-0.2, -0.15) is 13.2 Å². The number of aliphatic hydroxyl groups is 1. The van der Waals surface area contributed by atoms with E-state index < -0.39 is 30.8 Å². The van der Waals surface area contributed by atoms with Crippen LogP contribution in [-0.4, -0.2) is 50.7 Å². The van der Waals surface area contributed by atoms with Gasteiger partial charge in [-0.25, -0.2) is 9.97 Å². The third-order valence-corrected chi connectivity index (χ3v) is 4.87. The fourth-order valence-corrected chi connectivity index (χ4v) is 3.19. The number of fused-ring (bicyclic) bond motifs is 1. The van der Waals surface area contributed by atoms with Crippen molar-refractivity contribution in [2.45, 2.75) is 45.6 Å². The molecule has 8 nitrogen and oxygen atoms in total. The first-order valence-electron chi connectivity index (χ1n) is 9.42. The van der Waals surface area contributed by atoms with E-state index >= 15 is 0 Å². The second-order valence-corrected chi connectivity index (χ2v) is 7.25. The monoisotopic (exact) mass is 438 g/mol. The number of pyridine rings is 2. The Bertz CT molecular complexity index is 1010. The van der Waals surface area contributed by atoms with Crippen LogP contribution in [0.3, 0.4) is 0 Å². The Balaban J connectivity index is 1.80. The van der Waals surface area contributed by atoms with Gasteiger partial charge >= 0.3 is 6.18 Å². The minimum Gasteiger partial charge on any atom is -0.468 e. The predicted molar refractivity (Wildman–Crippen MR) is 103 cm³/mol. The molecule has 1 unspecified atom stereocenters. The zero-order valence-electron chi connectivity index (χ0n) is 17.0. The number of rotatable bonds is 6. The molecule has 2 aromatic heterocycles. The number of carbonyl (C=O) groups is 2. The first-order chi connectivity index (χ1) is 14.5. The van der Waals surface area contributed by atoms with Gasteiger partial charge in [0.15, 0.2) is 6.61 Å². The lowest BCUT2D eigenvalue weighted by atomic mass is 10.1. The summed E-state index contributed by atoms with van der Waals surface area (Å²) in [6, 6.07) is 2.71. The minimum absolute atomic E-state index is 0.128. The summed E-state index contributed by atoms with van der Waals surface area (Å²) >= 11 is 0. The average Bonchev–Trinajstić information content (AvgIpc) is 3.03. The maximum absolute atomic E-state index is 12.9. The molecule has 1 aliphatic heterocycles. The highest BCUT2D eigenvalue weighted by atomic mass is 19.4. The van der Waals surface area contributed by atoms with Gasteiger partial charge in [0.2, 0.25) is 5.88 Å². The molecule has 2 atom stereocenters. The summed E-state index contributed by atoms with van der Waals surface area (Å²) in [5.74, 6) is -0.866. The second kappa shape index (κ2) is 8.50. The highest BCUT2D eigenvalue weighted by molar-refractivity contribution is 6.02. The fourth-order valence-electron chi connectivity index (χ4n) is 3.19. The molecular weight excluding hydrogens is 417 g/mol. The van der Waals surface area contributed by atoms with Crippen LogP contribution < -0.4 is 10.1 Å². The highest BCUT2D eigenvalue weighted by Crippen LogP contribution is 2.34. The first kappa shape index (κ1) is 22.5. The van der Waals surface area contributed by atoms with Crippen LogP contribution in [0, 0.1) is 6.92 Å².